The number of nitrogens with zero attached hydrogens (tertiary/aromatic N) is 2. The van der Waals surface area contributed by atoms with Crippen molar-refractivity contribution in [1.82, 2.24) is 15.1 Å². The number of thiophene rings is 1. The number of amides is 2. The Hall–Kier alpha value is -2.22. The second-order valence-electron chi connectivity index (χ2n) is 7.60. The molecule has 0 radical (unpaired) electrons. The van der Waals surface area contributed by atoms with Gasteiger partial charge in [-0.1, -0.05) is 24.3 Å². The summed E-state index contributed by atoms with van der Waals surface area (Å²) in [4.78, 5) is 30.8. The molecule has 0 bridgehead atoms. The molecule has 1 aromatic heterocycles. The van der Waals surface area contributed by atoms with Crippen LogP contribution in [0.5, 0.6) is 0 Å². The van der Waals surface area contributed by atoms with Gasteiger partial charge < -0.3 is 10.6 Å². The van der Waals surface area contributed by atoms with E-state index in [1.165, 1.54) is 4.88 Å². The second kappa shape index (κ2) is 10.0. The fourth-order valence-corrected chi connectivity index (χ4v) is 4.35. The monoisotopic (exact) mass is 414 g/mol. The predicted molar refractivity (Wildman–Crippen MR) is 118 cm³/mol. The molecule has 1 aliphatic heterocycles. The van der Waals surface area contributed by atoms with Gasteiger partial charge in [-0.3, -0.25) is 19.4 Å². The Morgan fingerprint density at radius 2 is 1.76 bits per heavy atom. The van der Waals surface area contributed by atoms with Crippen LogP contribution in [0.4, 0.5) is 5.69 Å². The van der Waals surface area contributed by atoms with Gasteiger partial charge in [0.05, 0.1) is 12.6 Å². The van der Waals surface area contributed by atoms with E-state index in [2.05, 4.69) is 37.9 Å². The van der Waals surface area contributed by atoms with Gasteiger partial charge in [0.2, 0.25) is 11.8 Å². The molecule has 3 rings (SSSR count). The van der Waals surface area contributed by atoms with E-state index in [0.29, 0.717) is 0 Å². The molecule has 1 aromatic carbocycles. The summed E-state index contributed by atoms with van der Waals surface area (Å²) in [5.74, 6) is -0.308. The molecule has 0 aliphatic carbocycles. The summed E-state index contributed by atoms with van der Waals surface area (Å²) in [5.41, 5.74) is 2.85. The Balaban J connectivity index is 1.42. The highest BCUT2D eigenvalue weighted by Crippen LogP contribution is 2.19. The van der Waals surface area contributed by atoms with Gasteiger partial charge in [0.15, 0.2) is 0 Å². The maximum absolute atomic E-state index is 12.5. The van der Waals surface area contributed by atoms with E-state index in [-0.39, 0.29) is 24.4 Å². The average molecular weight is 415 g/mol. The third kappa shape index (κ3) is 5.88. The first-order chi connectivity index (χ1) is 13.9. The van der Waals surface area contributed by atoms with Crippen molar-refractivity contribution in [2.75, 3.05) is 38.0 Å². The molecule has 1 atom stereocenters. The van der Waals surface area contributed by atoms with Gasteiger partial charge in [-0.15, -0.1) is 11.3 Å². The summed E-state index contributed by atoms with van der Waals surface area (Å²) < 4.78 is 0. The quantitative estimate of drug-likeness (QED) is 0.731. The van der Waals surface area contributed by atoms with Crippen molar-refractivity contribution >= 4 is 28.8 Å². The van der Waals surface area contributed by atoms with Gasteiger partial charge in [-0.25, -0.2) is 0 Å². The van der Waals surface area contributed by atoms with Gasteiger partial charge in [0.25, 0.3) is 0 Å². The molecule has 1 fully saturated rings. The van der Waals surface area contributed by atoms with Crippen LogP contribution in [0.2, 0.25) is 0 Å². The molecule has 2 aromatic rings. The molecular weight excluding hydrogens is 384 g/mol. The van der Waals surface area contributed by atoms with Gasteiger partial charge in [0.1, 0.15) is 0 Å². The molecule has 7 heteroatoms. The number of nitrogens with one attached hydrogen (secondary N) is 2. The van der Waals surface area contributed by atoms with Crippen molar-refractivity contribution in [2.45, 2.75) is 33.4 Å². The summed E-state index contributed by atoms with van der Waals surface area (Å²) in [7, 11) is 0. The Labute approximate surface area is 176 Å². The van der Waals surface area contributed by atoms with Crippen molar-refractivity contribution in [3.05, 3.63) is 51.7 Å². The predicted octanol–water partition coefficient (Wildman–Crippen LogP) is 2.63. The Morgan fingerprint density at radius 1 is 1.07 bits per heavy atom. The highest BCUT2D eigenvalue weighted by molar-refractivity contribution is 7.09. The normalized spacial score (nSPS) is 16.4. The number of para-hydroxylation sites is 1. The number of anilines is 1. The van der Waals surface area contributed by atoms with E-state index in [1.54, 1.807) is 11.3 Å². The zero-order chi connectivity index (χ0) is 20.8. The smallest absolute Gasteiger partial charge is 0.243 e. The van der Waals surface area contributed by atoms with Gasteiger partial charge >= 0.3 is 0 Å². The minimum Gasteiger partial charge on any atom is -0.346 e. The lowest BCUT2D eigenvalue weighted by Gasteiger charge is -2.37. The van der Waals surface area contributed by atoms with E-state index < -0.39 is 0 Å². The zero-order valence-corrected chi connectivity index (χ0v) is 18.2. The number of carbonyl (C=O) groups is 2. The van der Waals surface area contributed by atoms with Crippen molar-refractivity contribution in [3.63, 3.8) is 0 Å². The standard InChI is InChI=1S/C22H30N4O2S/c1-16-6-4-7-17(2)21(16)24-20(27)14-23-22(28)18(3)26-11-9-25(10-12-26)15-19-8-5-13-29-19/h4-8,13,18H,9-12,14-15H2,1-3H3,(H,23,28)(H,24,27). The van der Waals surface area contributed by atoms with Crippen molar-refractivity contribution in [1.29, 1.82) is 0 Å². The number of hydrogen-bond donors (Lipinski definition) is 2. The Kier molecular flexibility index (Phi) is 7.41. The minimum atomic E-state index is -0.244. The van der Waals surface area contributed by atoms with Crippen LogP contribution in [-0.4, -0.2) is 60.4 Å². The Morgan fingerprint density at radius 3 is 2.38 bits per heavy atom. The summed E-state index contributed by atoms with van der Waals surface area (Å²) in [5, 5.41) is 7.79. The SMILES string of the molecule is Cc1cccc(C)c1NC(=O)CNC(=O)C(C)N1CCN(Cc2cccs2)CC1. The summed E-state index contributed by atoms with van der Waals surface area (Å²) in [6, 6.07) is 9.88. The number of hydrogen-bond acceptors (Lipinski definition) is 5. The summed E-state index contributed by atoms with van der Waals surface area (Å²) in [6.07, 6.45) is 0. The lowest BCUT2D eigenvalue weighted by Crippen LogP contribution is -2.54. The van der Waals surface area contributed by atoms with Gasteiger partial charge in [-0.2, -0.15) is 0 Å². The zero-order valence-electron chi connectivity index (χ0n) is 17.4. The topological polar surface area (TPSA) is 64.7 Å². The maximum Gasteiger partial charge on any atom is 0.243 e. The highest BCUT2D eigenvalue weighted by Gasteiger charge is 2.25. The number of carbonyl (C=O) groups excluding carboxylic acids is 2. The molecule has 156 valence electrons. The summed E-state index contributed by atoms with van der Waals surface area (Å²) >= 11 is 1.78. The first-order valence-corrected chi connectivity index (χ1v) is 10.9. The van der Waals surface area contributed by atoms with Crippen LogP contribution in [0.25, 0.3) is 0 Å². The molecule has 1 saturated heterocycles. The van der Waals surface area contributed by atoms with E-state index in [4.69, 9.17) is 0 Å². The van der Waals surface area contributed by atoms with Crippen LogP contribution < -0.4 is 10.6 Å². The lowest BCUT2D eigenvalue weighted by atomic mass is 10.1. The summed E-state index contributed by atoms with van der Waals surface area (Å²) in [6.45, 7) is 10.4. The van der Waals surface area contributed by atoms with Crippen molar-refractivity contribution in [3.8, 4) is 0 Å². The largest absolute Gasteiger partial charge is 0.346 e. The van der Waals surface area contributed by atoms with Crippen LogP contribution in [0.3, 0.4) is 0 Å². The molecular formula is C22H30N4O2S. The molecule has 0 spiro atoms. The molecule has 6 nitrogen and oxygen atoms in total. The highest BCUT2D eigenvalue weighted by atomic mass is 32.1. The van der Waals surface area contributed by atoms with Crippen molar-refractivity contribution in [2.24, 2.45) is 0 Å². The number of rotatable bonds is 7. The molecule has 2 heterocycles. The molecule has 0 saturated carbocycles. The number of benzene rings is 1. The van der Waals surface area contributed by atoms with E-state index in [0.717, 1.165) is 49.5 Å². The van der Waals surface area contributed by atoms with Crippen LogP contribution in [0.1, 0.15) is 22.9 Å². The fraction of sp³-hybridized carbons (Fsp3) is 0.455. The first-order valence-electron chi connectivity index (χ1n) is 10.1. The minimum absolute atomic E-state index is 0.0186. The first kappa shape index (κ1) is 21.5. The maximum atomic E-state index is 12.5. The Bertz CT molecular complexity index is 809. The molecule has 2 amide bonds. The average Bonchev–Trinajstić information content (AvgIpc) is 3.22. The van der Waals surface area contributed by atoms with Crippen LogP contribution in [0, 0.1) is 13.8 Å². The second-order valence-corrected chi connectivity index (χ2v) is 8.63. The van der Waals surface area contributed by atoms with E-state index in [9.17, 15) is 9.59 Å². The molecule has 1 aliphatic rings. The molecule has 2 N–H and O–H groups in total. The van der Waals surface area contributed by atoms with E-state index in [1.807, 2.05) is 39.0 Å². The third-order valence-electron chi connectivity index (χ3n) is 5.46. The van der Waals surface area contributed by atoms with Crippen LogP contribution in [0.15, 0.2) is 35.7 Å². The van der Waals surface area contributed by atoms with Crippen molar-refractivity contribution < 1.29 is 9.59 Å². The van der Waals surface area contributed by atoms with Crippen LogP contribution in [-0.2, 0) is 16.1 Å². The fourth-order valence-electron chi connectivity index (χ4n) is 3.61. The molecule has 29 heavy (non-hydrogen) atoms. The lowest BCUT2D eigenvalue weighted by molar-refractivity contribution is -0.128. The van der Waals surface area contributed by atoms with E-state index >= 15 is 0 Å². The third-order valence-corrected chi connectivity index (χ3v) is 6.32. The molecule has 1 unspecified atom stereocenters. The van der Waals surface area contributed by atoms with Gasteiger partial charge in [-0.05, 0) is 43.3 Å². The number of piperazine rings is 1. The van der Waals surface area contributed by atoms with Gasteiger partial charge in [0, 0.05) is 43.3 Å². The number of aryl methyl sites for hydroxylation is 2. The van der Waals surface area contributed by atoms with Crippen LogP contribution >= 0.6 is 11.3 Å².